The first kappa shape index (κ1) is 19.2. The van der Waals surface area contributed by atoms with Crippen LogP contribution >= 0.6 is 0 Å². The van der Waals surface area contributed by atoms with Crippen LogP contribution in [-0.4, -0.2) is 67.0 Å². The molecule has 1 aliphatic rings. The van der Waals surface area contributed by atoms with E-state index in [1.807, 2.05) is 0 Å². The summed E-state index contributed by atoms with van der Waals surface area (Å²) in [5.41, 5.74) is 0.763. The zero-order valence-corrected chi connectivity index (χ0v) is 15.6. The zero-order valence-electron chi connectivity index (χ0n) is 14.0. The Morgan fingerprint density at radius 1 is 1.25 bits per heavy atom. The third-order valence-corrected chi connectivity index (χ3v) is 8.21. The van der Waals surface area contributed by atoms with Crippen LogP contribution in [0.2, 0.25) is 0 Å². The van der Waals surface area contributed by atoms with E-state index in [1.165, 1.54) is 20.3 Å². The molecule has 0 unspecified atom stereocenters. The molecular weight excluding hydrogens is 354 g/mol. The largest absolute Gasteiger partial charge is 0.495 e. The van der Waals surface area contributed by atoms with Crippen molar-refractivity contribution in [3.8, 4) is 5.75 Å². The van der Waals surface area contributed by atoms with Crippen LogP contribution in [0.25, 0.3) is 0 Å². The van der Waals surface area contributed by atoms with Crippen molar-refractivity contribution in [2.45, 2.75) is 23.1 Å². The number of aryl methyl sites for hydroxylation is 1. The van der Waals surface area contributed by atoms with Gasteiger partial charge >= 0.3 is 0 Å². The lowest BCUT2D eigenvalue weighted by molar-refractivity contribution is 0.196. The lowest BCUT2D eigenvalue weighted by Crippen LogP contribution is -2.44. The van der Waals surface area contributed by atoms with Gasteiger partial charge < -0.3 is 14.8 Å². The Balaban J connectivity index is 2.40. The van der Waals surface area contributed by atoms with Gasteiger partial charge in [-0.15, -0.1) is 0 Å². The van der Waals surface area contributed by atoms with Crippen LogP contribution in [0, 0.1) is 6.92 Å². The molecule has 0 aliphatic carbocycles. The Labute approximate surface area is 143 Å². The summed E-state index contributed by atoms with van der Waals surface area (Å²) in [6.45, 7) is 2.53. The molecule has 2 rings (SSSR count). The van der Waals surface area contributed by atoms with Gasteiger partial charge in [0.1, 0.15) is 10.6 Å². The predicted molar refractivity (Wildman–Crippen MR) is 91.0 cm³/mol. The molecule has 0 amide bonds. The first-order chi connectivity index (χ1) is 11.2. The van der Waals surface area contributed by atoms with E-state index in [4.69, 9.17) is 9.47 Å². The molecule has 9 heteroatoms. The predicted octanol–water partition coefficient (Wildman–Crippen LogP) is 0.179. The summed E-state index contributed by atoms with van der Waals surface area (Å²) in [7, 11) is -4.38. The van der Waals surface area contributed by atoms with Crippen molar-refractivity contribution in [2.24, 2.45) is 0 Å². The molecule has 1 fully saturated rings. The minimum atomic E-state index is -3.87. The number of ether oxygens (including phenoxy) is 2. The molecule has 1 aromatic carbocycles. The monoisotopic (exact) mass is 377 g/mol. The molecule has 0 radical (unpaired) electrons. The quantitative estimate of drug-likeness (QED) is 0.677. The lowest BCUT2D eigenvalue weighted by atomic mass is 10.2. The number of hydrogen-bond donors (Lipinski definition) is 1. The first-order valence-electron chi connectivity index (χ1n) is 7.52. The van der Waals surface area contributed by atoms with Crippen molar-refractivity contribution >= 4 is 19.7 Å². The maximum atomic E-state index is 13.1. The van der Waals surface area contributed by atoms with E-state index < -0.39 is 36.7 Å². The van der Waals surface area contributed by atoms with Gasteiger partial charge in [0, 0.05) is 19.7 Å². The van der Waals surface area contributed by atoms with Gasteiger partial charge in [-0.05, 0) is 24.6 Å². The van der Waals surface area contributed by atoms with Gasteiger partial charge in [0.25, 0.3) is 0 Å². The van der Waals surface area contributed by atoms with Crippen molar-refractivity contribution in [2.75, 3.05) is 38.9 Å². The Morgan fingerprint density at radius 3 is 2.58 bits per heavy atom. The van der Waals surface area contributed by atoms with E-state index >= 15 is 0 Å². The second-order valence-electron chi connectivity index (χ2n) is 5.87. The van der Waals surface area contributed by atoms with Crippen molar-refractivity contribution in [1.82, 2.24) is 5.32 Å². The highest BCUT2D eigenvalue weighted by atomic mass is 32.2. The molecule has 136 valence electrons. The molecule has 0 saturated carbocycles. The maximum Gasteiger partial charge on any atom is 0.187 e. The highest BCUT2D eigenvalue weighted by Gasteiger charge is 2.46. The van der Waals surface area contributed by atoms with Crippen LogP contribution in [0.5, 0.6) is 5.75 Å². The number of rotatable bonds is 7. The molecule has 1 saturated heterocycles. The summed E-state index contributed by atoms with van der Waals surface area (Å²) in [5, 5.41) is 1.95. The summed E-state index contributed by atoms with van der Waals surface area (Å²) in [4.78, 5) is 0.0330. The minimum Gasteiger partial charge on any atom is -0.495 e. The molecule has 1 aromatic rings. The molecule has 7 nitrogen and oxygen atoms in total. The Morgan fingerprint density at radius 2 is 1.96 bits per heavy atom. The van der Waals surface area contributed by atoms with Crippen LogP contribution in [0.1, 0.15) is 5.56 Å². The van der Waals surface area contributed by atoms with Crippen molar-refractivity contribution in [1.29, 1.82) is 0 Å². The fourth-order valence-electron chi connectivity index (χ4n) is 2.83. The number of benzene rings is 1. The zero-order chi connectivity index (χ0) is 18.0. The maximum absolute atomic E-state index is 13.1. The number of nitrogens with one attached hydrogen (secondary N) is 1. The highest BCUT2D eigenvalue weighted by Crippen LogP contribution is 2.32. The van der Waals surface area contributed by atoms with Crippen LogP contribution in [0.4, 0.5) is 0 Å². The van der Waals surface area contributed by atoms with Gasteiger partial charge in [-0.25, -0.2) is 16.8 Å². The molecule has 1 heterocycles. The van der Waals surface area contributed by atoms with Gasteiger partial charge in [0.15, 0.2) is 19.7 Å². The fraction of sp³-hybridized carbons (Fsp3) is 0.600. The SMILES string of the molecule is COCCN[C@H]1CS(=O)(=O)C[C@H]1S(=O)(=O)c1cc(C)ccc1OC. The second kappa shape index (κ2) is 7.38. The molecule has 0 spiro atoms. The average molecular weight is 377 g/mol. The average Bonchev–Trinajstić information content (AvgIpc) is 2.83. The van der Waals surface area contributed by atoms with E-state index in [0.717, 1.165) is 5.56 Å². The summed E-state index contributed by atoms with van der Waals surface area (Å²) >= 11 is 0. The van der Waals surface area contributed by atoms with E-state index in [0.29, 0.717) is 13.2 Å². The smallest absolute Gasteiger partial charge is 0.187 e. The molecule has 0 bridgehead atoms. The highest BCUT2D eigenvalue weighted by molar-refractivity contribution is 7.96. The van der Waals surface area contributed by atoms with Crippen LogP contribution in [0.3, 0.4) is 0 Å². The normalized spacial score (nSPS) is 23.3. The van der Waals surface area contributed by atoms with Gasteiger partial charge in [-0.2, -0.15) is 0 Å². The van der Waals surface area contributed by atoms with E-state index in [9.17, 15) is 16.8 Å². The van der Waals surface area contributed by atoms with Gasteiger partial charge in [0.2, 0.25) is 0 Å². The van der Waals surface area contributed by atoms with E-state index in [1.54, 1.807) is 19.1 Å². The van der Waals surface area contributed by atoms with Crippen LogP contribution in [-0.2, 0) is 24.4 Å². The Bertz CT molecular complexity index is 788. The lowest BCUT2D eigenvalue weighted by Gasteiger charge is -2.21. The van der Waals surface area contributed by atoms with Crippen molar-refractivity contribution in [3.05, 3.63) is 23.8 Å². The molecule has 1 N–H and O–H groups in total. The van der Waals surface area contributed by atoms with E-state index in [2.05, 4.69) is 5.32 Å². The van der Waals surface area contributed by atoms with Gasteiger partial charge in [-0.1, -0.05) is 6.07 Å². The van der Waals surface area contributed by atoms with E-state index in [-0.39, 0.29) is 16.4 Å². The third-order valence-electron chi connectivity index (χ3n) is 4.04. The second-order valence-corrected chi connectivity index (χ2v) is 10.2. The van der Waals surface area contributed by atoms with Crippen LogP contribution in [0.15, 0.2) is 23.1 Å². The summed E-state index contributed by atoms with van der Waals surface area (Å²) in [5.74, 6) is -0.369. The molecule has 0 aromatic heterocycles. The first-order valence-corrected chi connectivity index (χ1v) is 10.9. The number of sulfone groups is 2. The molecular formula is C15H23NO6S2. The van der Waals surface area contributed by atoms with Crippen LogP contribution < -0.4 is 10.1 Å². The topological polar surface area (TPSA) is 98.8 Å². The van der Waals surface area contributed by atoms with Crippen molar-refractivity contribution < 1.29 is 26.3 Å². The fourth-order valence-corrected chi connectivity index (χ4v) is 7.79. The van der Waals surface area contributed by atoms with Crippen molar-refractivity contribution in [3.63, 3.8) is 0 Å². The minimum absolute atomic E-state index is 0.0330. The van der Waals surface area contributed by atoms with Gasteiger partial charge in [0.05, 0.1) is 30.5 Å². The summed E-state index contributed by atoms with van der Waals surface area (Å²) < 4.78 is 60.3. The molecule has 24 heavy (non-hydrogen) atoms. The molecule has 2 atom stereocenters. The number of hydrogen-bond acceptors (Lipinski definition) is 7. The number of methoxy groups -OCH3 is 2. The molecule has 1 aliphatic heterocycles. The Hall–Kier alpha value is -1.16. The summed E-state index contributed by atoms with van der Waals surface area (Å²) in [6.07, 6.45) is 0. The third kappa shape index (κ3) is 4.08. The van der Waals surface area contributed by atoms with Gasteiger partial charge in [-0.3, -0.25) is 0 Å². The standard InChI is InChI=1S/C15H23NO6S2/c1-11-4-5-13(22-3)14(8-11)24(19,20)15-10-23(17,18)9-12(15)16-6-7-21-2/h4-5,8,12,15-16H,6-7,9-10H2,1-3H3/t12-,15+/m0/s1. The Kier molecular flexibility index (Phi) is 5.90. The summed E-state index contributed by atoms with van der Waals surface area (Å²) in [6, 6.07) is 4.18.